The van der Waals surface area contributed by atoms with Gasteiger partial charge < -0.3 is 4.90 Å². The van der Waals surface area contributed by atoms with Crippen LogP contribution in [-0.4, -0.2) is 12.6 Å². The summed E-state index contributed by atoms with van der Waals surface area (Å²) in [6.45, 7) is 4.36. The Kier molecular flexibility index (Phi) is 4.87. The summed E-state index contributed by atoms with van der Waals surface area (Å²) in [5.41, 5.74) is 2.34. The quantitative estimate of drug-likeness (QED) is 0.768. The number of fused-ring (bicyclic) bond motifs is 1. The molecule has 3 rings (SSSR count). The fourth-order valence-electron chi connectivity index (χ4n) is 2.89. The maximum absolute atomic E-state index is 12.8. The lowest BCUT2D eigenvalue weighted by molar-refractivity contribution is -0.137. The van der Waals surface area contributed by atoms with Crippen molar-refractivity contribution in [2.75, 3.05) is 11.4 Å². The third kappa shape index (κ3) is 3.60. The van der Waals surface area contributed by atoms with Gasteiger partial charge in [0.15, 0.2) is 0 Å². The zero-order valence-corrected chi connectivity index (χ0v) is 13.7. The van der Waals surface area contributed by atoms with Crippen molar-refractivity contribution >= 4 is 23.3 Å². The van der Waals surface area contributed by atoms with Crippen LogP contribution >= 0.6 is 11.9 Å². The summed E-state index contributed by atoms with van der Waals surface area (Å²) in [4.78, 5) is 2.06. The molecule has 1 aliphatic heterocycles. The fourth-order valence-corrected chi connectivity index (χ4v) is 3.34. The van der Waals surface area contributed by atoms with Gasteiger partial charge in [-0.3, -0.25) is 4.72 Å². The van der Waals surface area contributed by atoms with Gasteiger partial charge in [0.25, 0.3) is 0 Å². The molecule has 0 radical (unpaired) electrons. The van der Waals surface area contributed by atoms with Crippen molar-refractivity contribution in [3.05, 3.63) is 71.6 Å². The number of halogens is 3. The lowest BCUT2D eigenvalue weighted by Gasteiger charge is -2.36. The molecule has 2 aromatic rings. The van der Waals surface area contributed by atoms with Crippen LogP contribution in [0, 0.1) is 0 Å². The maximum atomic E-state index is 12.8. The lowest BCUT2D eigenvalue weighted by Crippen LogP contribution is -2.41. The molecule has 2 nitrogen and oxygen atoms in total. The third-order valence-electron chi connectivity index (χ3n) is 3.98. The first-order chi connectivity index (χ1) is 11.5. The van der Waals surface area contributed by atoms with Crippen molar-refractivity contribution in [1.29, 1.82) is 0 Å². The number of nitrogens with one attached hydrogen (secondary N) is 1. The molecule has 0 aliphatic carbocycles. The second-order valence-corrected chi connectivity index (χ2v) is 6.39. The number of alkyl halides is 3. The van der Waals surface area contributed by atoms with E-state index in [-0.39, 0.29) is 6.04 Å². The van der Waals surface area contributed by atoms with Gasteiger partial charge >= 0.3 is 6.18 Å². The monoisotopic (exact) mass is 350 g/mol. The second kappa shape index (κ2) is 6.91. The molecule has 0 bridgehead atoms. The van der Waals surface area contributed by atoms with Gasteiger partial charge in [0.1, 0.15) is 0 Å². The van der Waals surface area contributed by atoms with Crippen molar-refractivity contribution in [3.63, 3.8) is 0 Å². The molecule has 1 atom stereocenters. The van der Waals surface area contributed by atoms with E-state index in [9.17, 15) is 13.2 Å². The number of rotatable bonds is 4. The van der Waals surface area contributed by atoms with Crippen molar-refractivity contribution in [2.45, 2.75) is 18.6 Å². The summed E-state index contributed by atoms with van der Waals surface area (Å²) in [6.07, 6.45) is -3.45. The van der Waals surface area contributed by atoms with Gasteiger partial charge in [-0.2, -0.15) is 13.2 Å². The minimum Gasteiger partial charge on any atom is -0.340 e. The van der Waals surface area contributed by atoms with E-state index < -0.39 is 11.7 Å². The number of anilines is 2. The van der Waals surface area contributed by atoms with E-state index >= 15 is 0 Å². The molecule has 1 unspecified atom stereocenters. The highest BCUT2D eigenvalue weighted by Gasteiger charge is 2.31. The first-order valence-electron chi connectivity index (χ1n) is 7.54. The zero-order chi connectivity index (χ0) is 17.2. The molecule has 2 aromatic carbocycles. The molecule has 0 amide bonds. The SMILES string of the molecule is C=CSNC1Cc2ccccc2N(c2ccc(C(F)(F)F)cc2)C1. The molecule has 0 saturated carbocycles. The molecular weight excluding hydrogens is 333 g/mol. The van der Waals surface area contributed by atoms with Crippen LogP contribution in [0.4, 0.5) is 24.5 Å². The van der Waals surface area contributed by atoms with E-state index in [1.54, 1.807) is 5.41 Å². The van der Waals surface area contributed by atoms with Gasteiger partial charge in [0.05, 0.1) is 5.56 Å². The van der Waals surface area contributed by atoms with Gasteiger partial charge in [-0.15, -0.1) is 0 Å². The molecule has 126 valence electrons. The number of nitrogens with zero attached hydrogens (tertiary/aromatic N) is 1. The van der Waals surface area contributed by atoms with Crippen molar-refractivity contribution < 1.29 is 13.2 Å². The Morgan fingerprint density at radius 3 is 2.50 bits per heavy atom. The van der Waals surface area contributed by atoms with Crippen LogP contribution in [0.2, 0.25) is 0 Å². The Bertz CT molecular complexity index is 713. The van der Waals surface area contributed by atoms with E-state index in [2.05, 4.69) is 22.3 Å². The standard InChI is InChI=1S/C18H17F3N2S/c1-2-24-22-15-11-13-5-3-4-6-17(13)23(12-15)16-9-7-14(8-10-16)18(19,20)21/h2-10,15,22H,1,11-12H2. The average Bonchev–Trinajstić information content (AvgIpc) is 2.58. The fraction of sp³-hybridized carbons (Fsp3) is 0.222. The molecule has 1 heterocycles. The average molecular weight is 350 g/mol. The highest BCUT2D eigenvalue weighted by Crippen LogP contribution is 2.36. The Morgan fingerprint density at radius 2 is 1.83 bits per heavy atom. The highest BCUT2D eigenvalue weighted by atomic mass is 32.2. The minimum absolute atomic E-state index is 0.185. The van der Waals surface area contributed by atoms with Gasteiger partial charge in [-0.05, 0) is 47.7 Å². The largest absolute Gasteiger partial charge is 0.416 e. The van der Waals surface area contributed by atoms with E-state index in [4.69, 9.17) is 0 Å². The topological polar surface area (TPSA) is 15.3 Å². The summed E-state index contributed by atoms with van der Waals surface area (Å²) >= 11 is 1.43. The van der Waals surface area contributed by atoms with Gasteiger partial charge in [-0.1, -0.05) is 36.7 Å². The summed E-state index contributed by atoms with van der Waals surface area (Å²) in [5.74, 6) is 0. The number of hydrogen-bond acceptors (Lipinski definition) is 3. The molecule has 0 saturated heterocycles. The van der Waals surface area contributed by atoms with Crippen LogP contribution < -0.4 is 9.62 Å². The predicted molar refractivity (Wildman–Crippen MR) is 93.3 cm³/mol. The highest BCUT2D eigenvalue weighted by molar-refractivity contribution is 8.00. The third-order valence-corrected chi connectivity index (χ3v) is 4.61. The normalized spacial score (nSPS) is 17.5. The van der Waals surface area contributed by atoms with Crippen LogP contribution in [0.5, 0.6) is 0 Å². The van der Waals surface area contributed by atoms with E-state index in [1.807, 2.05) is 18.2 Å². The minimum atomic E-state index is -4.32. The van der Waals surface area contributed by atoms with Gasteiger partial charge in [-0.25, -0.2) is 0 Å². The molecule has 1 N–H and O–H groups in total. The summed E-state index contributed by atoms with van der Waals surface area (Å²) < 4.78 is 41.6. The van der Waals surface area contributed by atoms with Crippen LogP contribution in [-0.2, 0) is 12.6 Å². The second-order valence-electron chi connectivity index (χ2n) is 5.59. The Labute approximate surface area is 143 Å². The maximum Gasteiger partial charge on any atom is 0.416 e. The number of para-hydroxylation sites is 1. The van der Waals surface area contributed by atoms with E-state index in [0.29, 0.717) is 6.54 Å². The van der Waals surface area contributed by atoms with Crippen LogP contribution in [0.1, 0.15) is 11.1 Å². The lowest BCUT2D eigenvalue weighted by atomic mass is 9.97. The summed E-state index contributed by atoms with van der Waals surface area (Å²) in [5, 5.41) is 1.73. The Balaban J connectivity index is 1.91. The van der Waals surface area contributed by atoms with E-state index in [1.165, 1.54) is 29.6 Å². The van der Waals surface area contributed by atoms with Crippen molar-refractivity contribution in [3.8, 4) is 0 Å². The Hall–Kier alpha value is -1.92. The van der Waals surface area contributed by atoms with Crippen LogP contribution in [0.3, 0.4) is 0 Å². The predicted octanol–water partition coefficient (Wildman–Crippen LogP) is 5.15. The smallest absolute Gasteiger partial charge is 0.340 e. The van der Waals surface area contributed by atoms with Crippen molar-refractivity contribution in [2.24, 2.45) is 0 Å². The first-order valence-corrected chi connectivity index (χ1v) is 8.42. The van der Waals surface area contributed by atoms with Gasteiger partial charge in [0, 0.05) is 24.0 Å². The zero-order valence-electron chi connectivity index (χ0n) is 12.9. The Morgan fingerprint density at radius 1 is 1.12 bits per heavy atom. The van der Waals surface area contributed by atoms with Crippen molar-refractivity contribution in [1.82, 2.24) is 4.72 Å². The molecule has 1 aliphatic rings. The molecular formula is C18H17F3N2S. The molecule has 6 heteroatoms. The molecule has 24 heavy (non-hydrogen) atoms. The summed E-state index contributed by atoms with van der Waals surface area (Å²) in [7, 11) is 0. The van der Waals surface area contributed by atoms with Gasteiger partial charge in [0.2, 0.25) is 0 Å². The van der Waals surface area contributed by atoms with E-state index in [0.717, 1.165) is 29.9 Å². The molecule has 0 aromatic heterocycles. The van der Waals surface area contributed by atoms with Crippen LogP contribution in [0.25, 0.3) is 0 Å². The molecule has 0 fully saturated rings. The van der Waals surface area contributed by atoms with Crippen LogP contribution in [0.15, 0.2) is 60.5 Å². The summed E-state index contributed by atoms with van der Waals surface area (Å²) in [6, 6.07) is 13.5. The number of hydrogen-bond donors (Lipinski definition) is 1. The molecule has 0 spiro atoms. The number of benzene rings is 2. The first kappa shape index (κ1) is 16.9.